The summed E-state index contributed by atoms with van der Waals surface area (Å²) in [4.78, 5) is 9.01. The molecule has 0 radical (unpaired) electrons. The maximum Gasteiger partial charge on any atom is 0.191 e. The van der Waals surface area contributed by atoms with Gasteiger partial charge >= 0.3 is 0 Å². The fourth-order valence-corrected chi connectivity index (χ4v) is 3.21. The SMILES string of the molecule is CCNC(=NCC(c1cccnc1)C(C)C)NCC(O)c1cccc(OC(C)C)c1. The van der Waals surface area contributed by atoms with Crippen LogP contribution in [0.3, 0.4) is 0 Å². The molecule has 0 saturated carbocycles. The first-order valence-electron chi connectivity index (χ1n) is 10.8. The van der Waals surface area contributed by atoms with Crippen molar-refractivity contribution in [2.24, 2.45) is 10.9 Å². The van der Waals surface area contributed by atoms with E-state index in [1.165, 1.54) is 5.56 Å². The van der Waals surface area contributed by atoms with Crippen LogP contribution in [0.4, 0.5) is 0 Å². The van der Waals surface area contributed by atoms with Crippen LogP contribution in [0, 0.1) is 5.92 Å². The molecule has 0 spiro atoms. The third kappa shape index (κ3) is 7.67. The first-order valence-corrected chi connectivity index (χ1v) is 10.8. The van der Waals surface area contributed by atoms with E-state index in [0.717, 1.165) is 17.9 Å². The lowest BCUT2D eigenvalue weighted by Crippen LogP contribution is -2.39. The number of nitrogens with one attached hydrogen (secondary N) is 2. The Hall–Kier alpha value is -2.60. The number of guanidine groups is 1. The highest BCUT2D eigenvalue weighted by atomic mass is 16.5. The zero-order valence-corrected chi connectivity index (χ0v) is 18.8. The molecule has 2 unspecified atom stereocenters. The molecule has 6 nitrogen and oxygen atoms in total. The van der Waals surface area contributed by atoms with Gasteiger partial charge < -0.3 is 20.5 Å². The molecule has 0 bridgehead atoms. The van der Waals surface area contributed by atoms with Gasteiger partial charge in [0.05, 0.1) is 12.2 Å². The molecule has 1 aromatic carbocycles. The Kier molecular flexibility index (Phi) is 9.61. The van der Waals surface area contributed by atoms with E-state index in [0.29, 0.717) is 25.0 Å². The zero-order valence-electron chi connectivity index (χ0n) is 18.8. The molecule has 6 heteroatoms. The summed E-state index contributed by atoms with van der Waals surface area (Å²) >= 11 is 0. The highest BCUT2D eigenvalue weighted by Gasteiger charge is 2.16. The van der Waals surface area contributed by atoms with Crippen LogP contribution in [0.15, 0.2) is 53.8 Å². The number of hydrogen-bond acceptors (Lipinski definition) is 4. The number of aliphatic hydroxyl groups excluding tert-OH is 1. The number of nitrogens with zero attached hydrogens (tertiary/aromatic N) is 2. The number of aromatic nitrogens is 1. The molecule has 0 aliphatic carbocycles. The largest absolute Gasteiger partial charge is 0.491 e. The summed E-state index contributed by atoms with van der Waals surface area (Å²) < 4.78 is 5.73. The number of hydrogen-bond donors (Lipinski definition) is 3. The van der Waals surface area contributed by atoms with Crippen LogP contribution in [0.25, 0.3) is 0 Å². The Labute approximate surface area is 180 Å². The molecular formula is C24H36N4O2. The predicted molar refractivity (Wildman–Crippen MR) is 123 cm³/mol. The highest BCUT2D eigenvalue weighted by molar-refractivity contribution is 5.79. The first kappa shape index (κ1) is 23.7. The minimum absolute atomic E-state index is 0.0942. The summed E-state index contributed by atoms with van der Waals surface area (Å²) in [7, 11) is 0. The van der Waals surface area contributed by atoms with Crippen LogP contribution in [0.5, 0.6) is 5.75 Å². The highest BCUT2D eigenvalue weighted by Crippen LogP contribution is 2.24. The van der Waals surface area contributed by atoms with Crippen LogP contribution >= 0.6 is 0 Å². The van der Waals surface area contributed by atoms with Crippen molar-refractivity contribution < 1.29 is 9.84 Å². The van der Waals surface area contributed by atoms with Gasteiger partial charge in [-0.1, -0.05) is 32.0 Å². The molecule has 0 amide bonds. The Balaban J connectivity index is 2.02. The third-order valence-corrected chi connectivity index (χ3v) is 4.79. The summed E-state index contributed by atoms with van der Waals surface area (Å²) in [5.74, 6) is 2.18. The van der Waals surface area contributed by atoms with Gasteiger partial charge in [0.15, 0.2) is 5.96 Å². The van der Waals surface area contributed by atoms with Gasteiger partial charge in [0, 0.05) is 37.9 Å². The summed E-state index contributed by atoms with van der Waals surface area (Å²) in [6.45, 7) is 12.1. The molecular weight excluding hydrogens is 376 g/mol. The number of ether oxygens (including phenoxy) is 1. The van der Waals surface area contributed by atoms with Gasteiger partial charge in [-0.15, -0.1) is 0 Å². The van der Waals surface area contributed by atoms with E-state index in [2.05, 4.69) is 35.5 Å². The second kappa shape index (κ2) is 12.2. The topological polar surface area (TPSA) is 78.8 Å². The summed E-state index contributed by atoms with van der Waals surface area (Å²) in [6, 6.07) is 11.7. The fraction of sp³-hybridized carbons (Fsp3) is 0.500. The Morgan fingerprint density at radius 1 is 1.10 bits per heavy atom. The van der Waals surface area contributed by atoms with Gasteiger partial charge in [-0.25, -0.2) is 0 Å². The van der Waals surface area contributed by atoms with E-state index in [1.807, 2.05) is 57.3 Å². The lowest BCUT2D eigenvalue weighted by atomic mass is 9.89. The standard InChI is InChI=1S/C24H36N4O2/c1-6-26-24(27-15-22(17(2)3)20-10-8-12-25-14-20)28-16-23(29)19-9-7-11-21(13-19)30-18(4)5/h7-14,17-18,22-23,29H,6,15-16H2,1-5H3,(H2,26,27,28). The molecule has 0 fully saturated rings. The lowest BCUT2D eigenvalue weighted by Gasteiger charge is -2.21. The minimum atomic E-state index is -0.663. The Morgan fingerprint density at radius 3 is 2.50 bits per heavy atom. The molecule has 0 aliphatic rings. The van der Waals surface area contributed by atoms with Crippen LogP contribution < -0.4 is 15.4 Å². The average molecular weight is 413 g/mol. The van der Waals surface area contributed by atoms with Gasteiger partial charge in [-0.05, 0) is 56.0 Å². The number of pyridine rings is 1. The lowest BCUT2D eigenvalue weighted by molar-refractivity contribution is 0.179. The molecule has 1 aromatic heterocycles. The van der Waals surface area contributed by atoms with Gasteiger partial charge in [-0.2, -0.15) is 0 Å². The van der Waals surface area contributed by atoms with Crippen molar-refractivity contribution >= 4 is 5.96 Å². The van der Waals surface area contributed by atoms with Gasteiger partial charge in [0.1, 0.15) is 5.75 Å². The van der Waals surface area contributed by atoms with Crippen molar-refractivity contribution in [1.82, 2.24) is 15.6 Å². The van der Waals surface area contributed by atoms with Crippen molar-refractivity contribution in [2.45, 2.75) is 52.7 Å². The second-order valence-electron chi connectivity index (χ2n) is 7.99. The van der Waals surface area contributed by atoms with Crippen molar-refractivity contribution in [3.05, 3.63) is 59.9 Å². The van der Waals surface area contributed by atoms with Crippen LogP contribution in [-0.2, 0) is 0 Å². The molecule has 2 rings (SSSR count). The number of benzene rings is 1. The summed E-state index contributed by atoms with van der Waals surface area (Å²) in [5.41, 5.74) is 2.00. The Bertz CT molecular complexity index is 778. The van der Waals surface area contributed by atoms with Crippen molar-refractivity contribution in [1.29, 1.82) is 0 Å². The fourth-order valence-electron chi connectivity index (χ4n) is 3.21. The number of aliphatic imine (C=N–C) groups is 1. The predicted octanol–water partition coefficient (Wildman–Crippen LogP) is 3.90. The van der Waals surface area contributed by atoms with Gasteiger partial charge in [-0.3, -0.25) is 9.98 Å². The number of rotatable bonds is 10. The Morgan fingerprint density at radius 2 is 1.87 bits per heavy atom. The van der Waals surface area contributed by atoms with Crippen molar-refractivity contribution in [3.63, 3.8) is 0 Å². The molecule has 0 saturated heterocycles. The molecule has 0 aliphatic heterocycles. The zero-order chi connectivity index (χ0) is 21.9. The molecule has 3 N–H and O–H groups in total. The normalized spacial score (nSPS) is 13.9. The maximum atomic E-state index is 10.6. The van der Waals surface area contributed by atoms with E-state index in [4.69, 9.17) is 9.73 Å². The smallest absolute Gasteiger partial charge is 0.191 e. The van der Waals surface area contributed by atoms with Gasteiger partial charge in [0.2, 0.25) is 0 Å². The van der Waals surface area contributed by atoms with Crippen molar-refractivity contribution in [3.8, 4) is 5.75 Å². The average Bonchev–Trinajstić information content (AvgIpc) is 2.72. The monoisotopic (exact) mass is 412 g/mol. The minimum Gasteiger partial charge on any atom is -0.491 e. The molecule has 1 heterocycles. The van der Waals surface area contributed by atoms with E-state index in [9.17, 15) is 5.11 Å². The molecule has 164 valence electrons. The quantitative estimate of drug-likeness (QED) is 0.407. The van der Waals surface area contributed by atoms with Crippen LogP contribution in [0.2, 0.25) is 0 Å². The maximum absolute atomic E-state index is 10.6. The van der Waals surface area contributed by atoms with E-state index >= 15 is 0 Å². The first-order chi connectivity index (χ1) is 14.4. The van der Waals surface area contributed by atoms with Crippen molar-refractivity contribution in [2.75, 3.05) is 19.6 Å². The molecule has 30 heavy (non-hydrogen) atoms. The molecule has 2 atom stereocenters. The van der Waals surface area contributed by atoms with E-state index < -0.39 is 6.10 Å². The third-order valence-electron chi connectivity index (χ3n) is 4.79. The second-order valence-corrected chi connectivity index (χ2v) is 7.99. The number of aliphatic hydroxyl groups is 1. The van der Waals surface area contributed by atoms with E-state index in [-0.39, 0.29) is 12.0 Å². The van der Waals surface area contributed by atoms with Crippen LogP contribution in [-0.4, -0.2) is 41.8 Å². The summed E-state index contributed by atoms with van der Waals surface area (Å²) in [6.07, 6.45) is 3.13. The summed E-state index contributed by atoms with van der Waals surface area (Å²) in [5, 5.41) is 17.1. The van der Waals surface area contributed by atoms with E-state index in [1.54, 1.807) is 6.20 Å². The molecule has 2 aromatic rings. The van der Waals surface area contributed by atoms with Gasteiger partial charge in [0.25, 0.3) is 0 Å². The van der Waals surface area contributed by atoms with Crippen LogP contribution in [0.1, 0.15) is 57.8 Å².